The van der Waals surface area contributed by atoms with E-state index < -0.39 is 0 Å². The van der Waals surface area contributed by atoms with E-state index in [1.54, 1.807) is 18.2 Å². The Kier molecular flexibility index (Phi) is 3.76. The summed E-state index contributed by atoms with van der Waals surface area (Å²) >= 11 is 0. The number of amides is 1. The Morgan fingerprint density at radius 2 is 1.84 bits per heavy atom. The average molecular weight is 331 g/mol. The first-order chi connectivity index (χ1) is 12.3. The topological polar surface area (TPSA) is 101 Å². The molecule has 2 heterocycles. The smallest absolute Gasteiger partial charge is 0.273 e. The van der Waals surface area contributed by atoms with Crippen LogP contribution in [0, 0.1) is 0 Å². The molecule has 122 valence electrons. The summed E-state index contributed by atoms with van der Waals surface area (Å²) in [6, 6.07) is 18.6. The summed E-state index contributed by atoms with van der Waals surface area (Å²) in [4.78, 5) is 12.4. The van der Waals surface area contributed by atoms with Crippen LogP contribution in [0.25, 0.3) is 16.9 Å². The maximum absolute atomic E-state index is 12.4. The van der Waals surface area contributed by atoms with Crippen molar-refractivity contribution in [2.45, 2.75) is 0 Å². The lowest BCUT2D eigenvalue weighted by molar-refractivity contribution is 0.102. The number of tetrazole rings is 1. The number of H-pyrrole nitrogens is 1. The van der Waals surface area contributed by atoms with E-state index in [4.69, 9.17) is 0 Å². The number of nitrogens with one attached hydrogen (secondary N) is 2. The molecule has 2 N–H and O–H groups in total. The van der Waals surface area contributed by atoms with Gasteiger partial charge in [0.2, 0.25) is 0 Å². The van der Waals surface area contributed by atoms with Crippen molar-refractivity contribution < 1.29 is 4.79 Å². The molecule has 0 aliphatic heterocycles. The highest BCUT2D eigenvalue weighted by Gasteiger charge is 2.11. The Hall–Kier alpha value is -3.81. The van der Waals surface area contributed by atoms with Crippen molar-refractivity contribution >= 4 is 11.6 Å². The van der Waals surface area contributed by atoms with Gasteiger partial charge in [0, 0.05) is 11.3 Å². The van der Waals surface area contributed by atoms with Gasteiger partial charge in [0.05, 0.1) is 11.4 Å². The Bertz CT molecular complexity index is 976. The molecule has 25 heavy (non-hydrogen) atoms. The van der Waals surface area contributed by atoms with Crippen molar-refractivity contribution in [2.75, 3.05) is 5.32 Å². The minimum absolute atomic E-state index is 0.259. The predicted molar refractivity (Wildman–Crippen MR) is 91.1 cm³/mol. The predicted octanol–water partition coefficient (Wildman–Crippen LogP) is 2.30. The molecule has 1 amide bonds. The first kappa shape index (κ1) is 14.8. The molecule has 2 aromatic heterocycles. The van der Waals surface area contributed by atoms with E-state index >= 15 is 0 Å². The van der Waals surface area contributed by atoms with Crippen molar-refractivity contribution in [3.8, 4) is 16.9 Å². The van der Waals surface area contributed by atoms with Gasteiger partial charge in [-0.05, 0) is 40.8 Å². The fourth-order valence-electron chi connectivity index (χ4n) is 2.37. The van der Waals surface area contributed by atoms with Gasteiger partial charge in [0.25, 0.3) is 5.91 Å². The maximum atomic E-state index is 12.4. The minimum Gasteiger partial charge on any atom is -0.321 e. The number of benzene rings is 2. The number of nitrogens with zero attached hydrogens (tertiary/aromatic N) is 5. The van der Waals surface area contributed by atoms with Crippen LogP contribution in [-0.2, 0) is 0 Å². The van der Waals surface area contributed by atoms with Gasteiger partial charge < -0.3 is 5.32 Å². The van der Waals surface area contributed by atoms with E-state index in [-0.39, 0.29) is 5.91 Å². The number of carbonyl (C=O) groups is 1. The molecular weight excluding hydrogens is 318 g/mol. The van der Waals surface area contributed by atoms with Gasteiger partial charge in [-0.25, -0.2) is 4.68 Å². The van der Waals surface area contributed by atoms with Crippen LogP contribution < -0.4 is 5.32 Å². The van der Waals surface area contributed by atoms with Gasteiger partial charge in [-0.15, -0.1) is 5.10 Å². The highest BCUT2D eigenvalue weighted by Crippen LogP contribution is 2.18. The normalized spacial score (nSPS) is 10.6. The van der Waals surface area contributed by atoms with Crippen LogP contribution in [0.2, 0.25) is 0 Å². The first-order valence-electron chi connectivity index (χ1n) is 7.55. The molecule has 4 aromatic rings. The zero-order chi connectivity index (χ0) is 17.1. The van der Waals surface area contributed by atoms with Crippen LogP contribution in [-0.4, -0.2) is 36.3 Å². The van der Waals surface area contributed by atoms with Crippen molar-refractivity contribution in [3.05, 3.63) is 72.7 Å². The van der Waals surface area contributed by atoms with Crippen LogP contribution >= 0.6 is 0 Å². The van der Waals surface area contributed by atoms with Crippen molar-refractivity contribution in [1.29, 1.82) is 0 Å². The fraction of sp³-hybridized carbons (Fsp3) is 0. The molecule has 0 saturated carbocycles. The molecule has 2 aromatic carbocycles. The lowest BCUT2D eigenvalue weighted by atomic mass is 10.1. The van der Waals surface area contributed by atoms with Crippen LogP contribution in [0.3, 0.4) is 0 Å². The summed E-state index contributed by atoms with van der Waals surface area (Å²) < 4.78 is 1.53. The van der Waals surface area contributed by atoms with Crippen molar-refractivity contribution in [3.63, 3.8) is 0 Å². The summed E-state index contributed by atoms with van der Waals surface area (Å²) in [6.45, 7) is 0. The Morgan fingerprint density at radius 1 is 1.04 bits per heavy atom. The molecule has 0 aliphatic rings. The summed E-state index contributed by atoms with van der Waals surface area (Å²) in [5.41, 5.74) is 3.53. The van der Waals surface area contributed by atoms with Gasteiger partial charge in [0.15, 0.2) is 0 Å². The molecule has 0 atom stereocenters. The summed E-state index contributed by atoms with van der Waals surface area (Å²) in [7, 11) is 0. The lowest BCUT2D eigenvalue weighted by Crippen LogP contribution is -2.12. The van der Waals surface area contributed by atoms with Gasteiger partial charge in [-0.1, -0.05) is 30.3 Å². The number of carbonyl (C=O) groups excluding carboxylic acids is 1. The highest BCUT2D eigenvalue weighted by atomic mass is 16.1. The van der Waals surface area contributed by atoms with Crippen LogP contribution in [0.5, 0.6) is 0 Å². The van der Waals surface area contributed by atoms with Gasteiger partial charge >= 0.3 is 0 Å². The molecule has 0 fully saturated rings. The van der Waals surface area contributed by atoms with E-state index in [0.29, 0.717) is 11.4 Å². The van der Waals surface area contributed by atoms with E-state index in [0.717, 1.165) is 16.9 Å². The summed E-state index contributed by atoms with van der Waals surface area (Å²) in [5.74, 6) is -0.259. The standard InChI is InChI=1S/C17H13N7O/c25-17(16-10-15(20-21-16)12-4-2-1-3-5-12)19-13-6-8-14(9-7-13)24-11-18-22-23-24/h1-11H,(H,19,25)(H,20,21). The molecule has 0 unspecified atom stereocenters. The molecule has 0 saturated heterocycles. The van der Waals surface area contributed by atoms with Gasteiger partial charge in [-0.2, -0.15) is 5.10 Å². The number of aromatic amines is 1. The van der Waals surface area contributed by atoms with E-state index in [2.05, 4.69) is 31.0 Å². The minimum atomic E-state index is -0.259. The molecule has 0 bridgehead atoms. The summed E-state index contributed by atoms with van der Waals surface area (Å²) in [5, 5.41) is 20.8. The van der Waals surface area contributed by atoms with Crippen LogP contribution in [0.4, 0.5) is 5.69 Å². The van der Waals surface area contributed by atoms with E-state index in [9.17, 15) is 4.79 Å². The molecule has 0 spiro atoms. The van der Waals surface area contributed by atoms with Gasteiger partial charge in [-0.3, -0.25) is 9.89 Å². The number of aromatic nitrogens is 6. The molecular formula is C17H13N7O. The van der Waals surface area contributed by atoms with Crippen LogP contribution in [0.1, 0.15) is 10.5 Å². The van der Waals surface area contributed by atoms with Gasteiger partial charge in [0.1, 0.15) is 12.0 Å². The molecule has 8 nitrogen and oxygen atoms in total. The quantitative estimate of drug-likeness (QED) is 0.597. The maximum Gasteiger partial charge on any atom is 0.273 e. The molecule has 0 radical (unpaired) electrons. The zero-order valence-electron chi connectivity index (χ0n) is 13.0. The Balaban J connectivity index is 1.48. The zero-order valence-corrected chi connectivity index (χ0v) is 13.0. The Morgan fingerprint density at radius 3 is 2.56 bits per heavy atom. The third kappa shape index (κ3) is 3.13. The number of hydrogen-bond donors (Lipinski definition) is 2. The van der Waals surface area contributed by atoms with Crippen LogP contribution in [0.15, 0.2) is 67.0 Å². The van der Waals surface area contributed by atoms with Crippen molar-refractivity contribution in [2.24, 2.45) is 0 Å². The van der Waals surface area contributed by atoms with E-state index in [1.165, 1.54) is 11.0 Å². The number of anilines is 1. The number of hydrogen-bond acceptors (Lipinski definition) is 5. The third-order valence-corrected chi connectivity index (χ3v) is 3.63. The average Bonchev–Trinajstić information content (AvgIpc) is 3.35. The lowest BCUT2D eigenvalue weighted by Gasteiger charge is -2.04. The second kappa shape index (κ2) is 6.36. The Labute approximate surface area is 142 Å². The second-order valence-electron chi connectivity index (χ2n) is 5.29. The summed E-state index contributed by atoms with van der Waals surface area (Å²) in [6.07, 6.45) is 1.50. The first-order valence-corrected chi connectivity index (χ1v) is 7.55. The monoisotopic (exact) mass is 331 g/mol. The molecule has 4 rings (SSSR count). The van der Waals surface area contributed by atoms with E-state index in [1.807, 2.05) is 42.5 Å². The largest absolute Gasteiger partial charge is 0.321 e. The molecule has 0 aliphatic carbocycles. The SMILES string of the molecule is O=C(Nc1ccc(-n2cnnn2)cc1)c1cc(-c2ccccc2)n[nH]1. The third-order valence-electron chi connectivity index (χ3n) is 3.63. The molecule has 8 heteroatoms. The second-order valence-corrected chi connectivity index (χ2v) is 5.29. The number of rotatable bonds is 4. The fourth-order valence-corrected chi connectivity index (χ4v) is 2.37. The van der Waals surface area contributed by atoms with Crippen molar-refractivity contribution in [1.82, 2.24) is 30.4 Å². The highest BCUT2D eigenvalue weighted by molar-refractivity contribution is 6.03.